The minimum absolute atomic E-state index is 0.108. The largest absolute Gasteiger partial charge is 0.494 e. The smallest absolute Gasteiger partial charge is 0.417 e. The standard InChI is InChI=1S/C15H16F3NO4.C10H7F3INO3/c1-5-23-8(2)10-6-11(14(21)22-4)13(19-9(3)20)7-12(10)15(16,17)18;1-4(16)15-8-3-6(10(11,12)13)7(14)2-5(8)9(17)18/h6-7H,2,5H2,1,3-4H3,(H,19,20);2-3H,1H3,(H,15,16)(H,17,18). The zero-order valence-corrected chi connectivity index (χ0v) is 23.9. The van der Waals surface area contributed by atoms with Crippen LogP contribution in [-0.2, 0) is 31.4 Å². The lowest BCUT2D eigenvalue weighted by Gasteiger charge is -2.18. The van der Waals surface area contributed by atoms with Gasteiger partial charge in [0.2, 0.25) is 11.8 Å². The SMILES string of the molecule is C=C(OCC)c1cc(C(=O)OC)c(NC(C)=O)cc1C(F)(F)F.CC(=O)Nc1cc(C(F)(F)F)c(I)cc1C(=O)O. The second kappa shape index (κ2) is 14.2. The minimum Gasteiger partial charge on any atom is -0.494 e. The third kappa shape index (κ3) is 9.94. The number of esters is 1. The summed E-state index contributed by atoms with van der Waals surface area (Å²) in [6, 6.07) is 3.09. The predicted molar refractivity (Wildman–Crippen MR) is 143 cm³/mol. The average Bonchev–Trinajstić information content (AvgIpc) is 2.82. The van der Waals surface area contributed by atoms with E-state index >= 15 is 0 Å². The van der Waals surface area contributed by atoms with Crippen LogP contribution in [0.1, 0.15) is 58.2 Å². The maximum atomic E-state index is 13.3. The van der Waals surface area contributed by atoms with E-state index in [1.165, 1.54) is 22.6 Å². The summed E-state index contributed by atoms with van der Waals surface area (Å²) in [5.74, 6) is -3.82. The van der Waals surface area contributed by atoms with Crippen LogP contribution in [0.5, 0.6) is 0 Å². The predicted octanol–water partition coefficient (Wildman–Crippen LogP) is 6.42. The number of benzene rings is 2. The van der Waals surface area contributed by atoms with Crippen LogP contribution in [0.25, 0.3) is 5.76 Å². The Morgan fingerprint density at radius 2 is 1.32 bits per heavy atom. The molecule has 3 N–H and O–H groups in total. The Kier molecular flexibility index (Phi) is 12.2. The van der Waals surface area contributed by atoms with Crippen molar-refractivity contribution in [2.75, 3.05) is 24.4 Å². The van der Waals surface area contributed by atoms with Crippen LogP contribution in [-0.4, -0.2) is 42.6 Å². The summed E-state index contributed by atoms with van der Waals surface area (Å²) in [6.07, 6.45) is -9.34. The molecule has 16 heteroatoms. The number of carboxylic acids is 1. The number of rotatable bonds is 7. The number of alkyl halides is 6. The third-order valence-electron chi connectivity index (χ3n) is 4.75. The van der Waals surface area contributed by atoms with Crippen LogP contribution in [0.15, 0.2) is 30.8 Å². The first kappa shape index (κ1) is 35.2. The Balaban J connectivity index is 0.000000422. The number of amides is 2. The van der Waals surface area contributed by atoms with E-state index in [4.69, 9.17) is 9.84 Å². The van der Waals surface area contributed by atoms with Gasteiger partial charge in [-0.3, -0.25) is 9.59 Å². The highest BCUT2D eigenvalue weighted by molar-refractivity contribution is 14.1. The molecule has 0 saturated carbocycles. The molecule has 2 rings (SSSR count). The molecular weight excluding hydrogens is 681 g/mol. The van der Waals surface area contributed by atoms with Crippen molar-refractivity contribution in [3.63, 3.8) is 0 Å². The number of aromatic carboxylic acids is 1. The molecule has 41 heavy (non-hydrogen) atoms. The van der Waals surface area contributed by atoms with Gasteiger partial charge in [0.25, 0.3) is 0 Å². The van der Waals surface area contributed by atoms with Crippen LogP contribution < -0.4 is 10.6 Å². The normalized spacial score (nSPS) is 11.0. The number of nitrogens with one attached hydrogen (secondary N) is 2. The van der Waals surface area contributed by atoms with Crippen molar-refractivity contribution < 1.29 is 60.1 Å². The first-order chi connectivity index (χ1) is 18.7. The molecule has 0 aliphatic rings. The Morgan fingerprint density at radius 1 is 0.854 bits per heavy atom. The van der Waals surface area contributed by atoms with E-state index in [-0.39, 0.29) is 38.4 Å². The Bertz CT molecular complexity index is 1360. The van der Waals surface area contributed by atoms with E-state index in [2.05, 4.69) is 21.9 Å². The quantitative estimate of drug-likeness (QED) is 0.131. The van der Waals surface area contributed by atoms with E-state index < -0.39 is 52.8 Å². The molecule has 0 fully saturated rings. The summed E-state index contributed by atoms with van der Waals surface area (Å²) in [7, 11) is 1.08. The Hall–Kier alpha value is -3.83. The van der Waals surface area contributed by atoms with Gasteiger partial charge >= 0.3 is 24.3 Å². The Morgan fingerprint density at radius 3 is 1.71 bits per heavy atom. The summed E-state index contributed by atoms with van der Waals surface area (Å²) < 4.78 is 87.0. The van der Waals surface area contributed by atoms with Gasteiger partial charge in [-0.1, -0.05) is 6.58 Å². The second-order valence-electron chi connectivity index (χ2n) is 7.83. The number of carbonyl (C=O) groups is 4. The van der Waals surface area contributed by atoms with E-state index in [1.54, 1.807) is 6.92 Å². The fraction of sp³-hybridized carbons (Fsp3) is 0.280. The molecular formula is C25H23F6IN2O7. The van der Waals surface area contributed by atoms with Crippen molar-refractivity contribution in [3.8, 4) is 0 Å². The van der Waals surface area contributed by atoms with E-state index in [9.17, 15) is 45.5 Å². The van der Waals surface area contributed by atoms with Crippen LogP contribution in [0.4, 0.5) is 37.7 Å². The number of methoxy groups -OCH3 is 1. The molecule has 0 aliphatic carbocycles. The second-order valence-corrected chi connectivity index (χ2v) is 8.99. The fourth-order valence-corrected chi connectivity index (χ4v) is 3.92. The first-order valence-corrected chi connectivity index (χ1v) is 12.2. The highest BCUT2D eigenvalue weighted by Crippen LogP contribution is 2.39. The Labute approximate surface area is 243 Å². The topological polar surface area (TPSA) is 131 Å². The van der Waals surface area contributed by atoms with Gasteiger partial charge < -0.3 is 25.2 Å². The van der Waals surface area contributed by atoms with Crippen molar-refractivity contribution >= 4 is 63.5 Å². The van der Waals surface area contributed by atoms with Crippen molar-refractivity contribution in [2.45, 2.75) is 33.1 Å². The van der Waals surface area contributed by atoms with Crippen LogP contribution in [0.3, 0.4) is 0 Å². The summed E-state index contributed by atoms with van der Waals surface area (Å²) >= 11 is 1.40. The molecule has 0 aliphatic heterocycles. The molecule has 0 radical (unpaired) electrons. The van der Waals surface area contributed by atoms with Crippen molar-refractivity contribution in [2.24, 2.45) is 0 Å². The number of hydrogen-bond acceptors (Lipinski definition) is 6. The zero-order valence-electron chi connectivity index (χ0n) is 21.8. The number of hydrogen-bond donors (Lipinski definition) is 3. The number of anilines is 2. The molecule has 0 aromatic heterocycles. The molecule has 0 saturated heterocycles. The average molecular weight is 704 g/mol. The lowest BCUT2D eigenvalue weighted by molar-refractivity contribution is -0.138. The monoisotopic (exact) mass is 704 g/mol. The number of halogens is 7. The van der Waals surface area contributed by atoms with Crippen molar-refractivity contribution in [3.05, 3.63) is 62.2 Å². The van der Waals surface area contributed by atoms with Crippen LogP contribution in [0.2, 0.25) is 0 Å². The number of carboxylic acid groups (broad SMARTS) is 1. The van der Waals surface area contributed by atoms with Crippen LogP contribution in [0, 0.1) is 3.57 Å². The van der Waals surface area contributed by atoms with E-state index in [0.29, 0.717) is 12.1 Å². The van der Waals surface area contributed by atoms with Crippen LogP contribution >= 0.6 is 22.6 Å². The molecule has 0 spiro atoms. The first-order valence-electron chi connectivity index (χ1n) is 11.1. The molecule has 0 heterocycles. The fourth-order valence-electron chi connectivity index (χ4n) is 3.15. The molecule has 0 atom stereocenters. The molecule has 224 valence electrons. The number of ether oxygens (including phenoxy) is 2. The van der Waals surface area contributed by atoms with Gasteiger partial charge in [-0.25, -0.2) is 9.59 Å². The third-order valence-corrected chi connectivity index (χ3v) is 5.64. The summed E-state index contributed by atoms with van der Waals surface area (Å²) in [4.78, 5) is 44.7. The molecule has 2 aromatic rings. The maximum Gasteiger partial charge on any atom is 0.417 e. The highest BCUT2D eigenvalue weighted by Gasteiger charge is 2.37. The van der Waals surface area contributed by atoms with Crippen molar-refractivity contribution in [1.82, 2.24) is 0 Å². The molecule has 2 aromatic carbocycles. The summed E-state index contributed by atoms with van der Waals surface area (Å²) in [6.45, 7) is 7.33. The van der Waals surface area contributed by atoms with Gasteiger partial charge in [0.1, 0.15) is 5.76 Å². The van der Waals surface area contributed by atoms with Gasteiger partial charge in [-0.15, -0.1) is 0 Å². The summed E-state index contributed by atoms with van der Waals surface area (Å²) in [5.41, 5.74) is -3.75. The van der Waals surface area contributed by atoms with E-state index in [1.807, 2.05) is 0 Å². The van der Waals surface area contributed by atoms with Gasteiger partial charge in [-0.2, -0.15) is 26.3 Å². The molecule has 9 nitrogen and oxygen atoms in total. The zero-order chi connectivity index (χ0) is 31.9. The summed E-state index contributed by atoms with van der Waals surface area (Å²) in [5, 5.41) is 13.1. The molecule has 0 unspecified atom stereocenters. The minimum atomic E-state index is -4.72. The molecule has 2 amide bonds. The maximum absolute atomic E-state index is 13.3. The van der Waals surface area contributed by atoms with Gasteiger partial charge in [0, 0.05) is 23.0 Å². The highest BCUT2D eigenvalue weighted by atomic mass is 127. The van der Waals surface area contributed by atoms with Crippen molar-refractivity contribution in [1.29, 1.82) is 0 Å². The lowest BCUT2D eigenvalue weighted by atomic mass is 10.00. The van der Waals surface area contributed by atoms with Gasteiger partial charge in [0.05, 0.1) is 47.3 Å². The van der Waals surface area contributed by atoms with Gasteiger partial charge in [-0.05, 0) is 53.8 Å². The lowest BCUT2D eigenvalue weighted by Crippen LogP contribution is -2.17. The number of carbonyl (C=O) groups excluding carboxylic acids is 3. The molecule has 0 bridgehead atoms. The van der Waals surface area contributed by atoms with E-state index in [0.717, 1.165) is 33.1 Å². The van der Waals surface area contributed by atoms with Gasteiger partial charge in [0.15, 0.2) is 0 Å².